The number of alkyl halides is 3. The van der Waals surface area contributed by atoms with Crippen LogP contribution in [0.2, 0.25) is 0 Å². The van der Waals surface area contributed by atoms with Gasteiger partial charge in [0, 0.05) is 36.3 Å². The monoisotopic (exact) mass is 534 g/mol. The standard InChI is InChI=1S/C26H33F3N6O3/c1-3-38-25(26(27,28)29)7-4-18(5-8-25)32-22(36)17-6-11-35(24(14-17)9-10-24)23(37)21-13-20(33-34-21)19-12-16(2)30-15-31-19/h12-13,15,17-18H,3-11,14H2,1-2H3,(H,32,36)(H,33,34)/t17-,18?,25?/m1/s1. The fraction of sp³-hybridized carbons (Fsp3) is 0.654. The van der Waals surface area contributed by atoms with Crippen molar-refractivity contribution >= 4 is 11.8 Å². The minimum Gasteiger partial charge on any atom is -0.366 e. The number of rotatable bonds is 6. The van der Waals surface area contributed by atoms with Crippen LogP contribution in [0.5, 0.6) is 0 Å². The lowest BCUT2D eigenvalue weighted by atomic mass is 9.80. The molecule has 12 heteroatoms. The van der Waals surface area contributed by atoms with Gasteiger partial charge in [0.1, 0.15) is 6.33 Å². The van der Waals surface area contributed by atoms with Gasteiger partial charge in [0.25, 0.3) is 5.91 Å². The van der Waals surface area contributed by atoms with E-state index in [1.807, 2.05) is 11.8 Å². The molecule has 1 aliphatic heterocycles. The number of aryl methyl sites for hydroxylation is 1. The quantitative estimate of drug-likeness (QED) is 0.580. The number of hydrogen-bond acceptors (Lipinski definition) is 6. The maximum absolute atomic E-state index is 13.6. The van der Waals surface area contributed by atoms with Crippen LogP contribution in [0.4, 0.5) is 13.2 Å². The number of nitrogens with zero attached hydrogens (tertiary/aromatic N) is 4. The number of ether oxygens (including phenoxy) is 1. The lowest BCUT2D eigenvalue weighted by Gasteiger charge is -2.42. The van der Waals surface area contributed by atoms with Crippen molar-refractivity contribution < 1.29 is 27.5 Å². The largest absolute Gasteiger partial charge is 0.417 e. The molecule has 0 bridgehead atoms. The summed E-state index contributed by atoms with van der Waals surface area (Å²) < 4.78 is 46.0. The smallest absolute Gasteiger partial charge is 0.366 e. The molecule has 3 heterocycles. The SMILES string of the molecule is CCOC1(C(F)(F)F)CCC(NC(=O)[C@@H]2CCN(C(=O)c3cc(-c4cc(C)ncn4)[nH]n3)C3(CC3)C2)CC1. The molecule has 3 fully saturated rings. The molecule has 2 aromatic heterocycles. The topological polar surface area (TPSA) is 113 Å². The highest BCUT2D eigenvalue weighted by atomic mass is 19.4. The normalized spacial score (nSPS) is 26.8. The summed E-state index contributed by atoms with van der Waals surface area (Å²) in [6.45, 7) is 3.85. The van der Waals surface area contributed by atoms with Gasteiger partial charge >= 0.3 is 6.18 Å². The summed E-state index contributed by atoms with van der Waals surface area (Å²) in [5, 5.41) is 10.1. The van der Waals surface area contributed by atoms with E-state index in [2.05, 4.69) is 25.5 Å². The Morgan fingerprint density at radius 3 is 2.53 bits per heavy atom. The Kier molecular flexibility index (Phi) is 6.95. The zero-order valence-corrected chi connectivity index (χ0v) is 21.6. The Bertz CT molecular complexity index is 1190. The fourth-order valence-corrected chi connectivity index (χ4v) is 5.99. The Morgan fingerprint density at radius 1 is 1.16 bits per heavy atom. The van der Waals surface area contributed by atoms with E-state index in [4.69, 9.17) is 4.74 Å². The summed E-state index contributed by atoms with van der Waals surface area (Å²) in [7, 11) is 0. The number of amides is 2. The van der Waals surface area contributed by atoms with Gasteiger partial charge < -0.3 is 15.0 Å². The van der Waals surface area contributed by atoms with Crippen molar-refractivity contribution in [3.63, 3.8) is 0 Å². The van der Waals surface area contributed by atoms with Gasteiger partial charge in [0.2, 0.25) is 5.91 Å². The summed E-state index contributed by atoms with van der Waals surface area (Å²) >= 11 is 0. The van der Waals surface area contributed by atoms with E-state index in [1.165, 1.54) is 6.33 Å². The number of piperidine rings is 1. The number of carbonyl (C=O) groups is 2. The van der Waals surface area contributed by atoms with Crippen LogP contribution < -0.4 is 5.32 Å². The van der Waals surface area contributed by atoms with Crippen molar-refractivity contribution in [1.82, 2.24) is 30.4 Å². The number of aromatic nitrogens is 4. The van der Waals surface area contributed by atoms with Crippen LogP contribution in [-0.2, 0) is 9.53 Å². The molecule has 0 radical (unpaired) electrons. The van der Waals surface area contributed by atoms with Gasteiger partial charge in [0.05, 0.1) is 11.4 Å². The summed E-state index contributed by atoms with van der Waals surface area (Å²) in [5.41, 5.74) is -0.103. The van der Waals surface area contributed by atoms with E-state index in [9.17, 15) is 22.8 Å². The number of H-pyrrole nitrogens is 1. The highest BCUT2D eigenvalue weighted by molar-refractivity contribution is 5.94. The number of aromatic amines is 1. The fourth-order valence-electron chi connectivity index (χ4n) is 5.99. The summed E-state index contributed by atoms with van der Waals surface area (Å²) in [4.78, 5) is 36.6. The first-order valence-electron chi connectivity index (χ1n) is 13.2. The maximum atomic E-state index is 13.6. The summed E-state index contributed by atoms with van der Waals surface area (Å²) in [6.07, 6.45) is -0.168. The molecule has 1 atom stereocenters. The van der Waals surface area contributed by atoms with E-state index in [1.54, 1.807) is 19.1 Å². The number of carbonyl (C=O) groups excluding carboxylic acids is 2. The number of nitrogens with one attached hydrogen (secondary N) is 2. The maximum Gasteiger partial charge on any atom is 0.417 e. The second-order valence-electron chi connectivity index (χ2n) is 10.8. The molecule has 206 valence electrons. The summed E-state index contributed by atoms with van der Waals surface area (Å²) in [6, 6.07) is 3.19. The van der Waals surface area contributed by atoms with Crippen molar-refractivity contribution in [2.75, 3.05) is 13.2 Å². The van der Waals surface area contributed by atoms with Crippen LogP contribution in [0.3, 0.4) is 0 Å². The minimum absolute atomic E-state index is 0.00417. The van der Waals surface area contributed by atoms with Gasteiger partial charge in [-0.15, -0.1) is 0 Å². The average molecular weight is 535 g/mol. The van der Waals surface area contributed by atoms with Crippen molar-refractivity contribution in [3.05, 3.63) is 29.8 Å². The second kappa shape index (κ2) is 9.94. The van der Waals surface area contributed by atoms with Gasteiger partial charge in [-0.2, -0.15) is 18.3 Å². The molecule has 2 saturated carbocycles. The van der Waals surface area contributed by atoms with Gasteiger partial charge in [-0.25, -0.2) is 9.97 Å². The van der Waals surface area contributed by atoms with Gasteiger partial charge in [-0.3, -0.25) is 14.7 Å². The van der Waals surface area contributed by atoms with Crippen molar-refractivity contribution in [2.45, 2.75) is 88.6 Å². The van der Waals surface area contributed by atoms with Crippen LogP contribution in [-0.4, -0.2) is 73.4 Å². The molecular formula is C26H33F3N6O3. The summed E-state index contributed by atoms with van der Waals surface area (Å²) in [5.74, 6) is -0.590. The Hall–Kier alpha value is -3.02. The third kappa shape index (κ3) is 5.02. The molecule has 2 N–H and O–H groups in total. The Balaban J connectivity index is 1.18. The molecule has 38 heavy (non-hydrogen) atoms. The van der Waals surface area contributed by atoms with Crippen molar-refractivity contribution in [1.29, 1.82) is 0 Å². The predicted molar refractivity (Wildman–Crippen MR) is 131 cm³/mol. The predicted octanol–water partition coefficient (Wildman–Crippen LogP) is 3.96. The second-order valence-corrected chi connectivity index (χ2v) is 10.8. The number of halogens is 3. The van der Waals surface area contributed by atoms with Crippen LogP contribution in [0.15, 0.2) is 18.5 Å². The van der Waals surface area contributed by atoms with Gasteiger partial charge in [-0.1, -0.05) is 0 Å². The highest BCUT2D eigenvalue weighted by Crippen LogP contribution is 2.51. The van der Waals surface area contributed by atoms with E-state index >= 15 is 0 Å². The molecule has 1 spiro atoms. The lowest BCUT2D eigenvalue weighted by molar-refractivity contribution is -0.287. The first-order chi connectivity index (χ1) is 18.1. The molecule has 2 aromatic rings. The molecule has 2 aliphatic carbocycles. The van der Waals surface area contributed by atoms with Crippen LogP contribution in [0.1, 0.15) is 74.5 Å². The zero-order chi connectivity index (χ0) is 27.1. The first kappa shape index (κ1) is 26.6. The minimum atomic E-state index is -4.43. The molecule has 5 rings (SSSR count). The first-order valence-corrected chi connectivity index (χ1v) is 13.2. The Labute approximate surface area is 218 Å². The molecule has 3 aliphatic rings. The molecule has 2 amide bonds. The van der Waals surface area contributed by atoms with Gasteiger partial charge in [0.15, 0.2) is 11.3 Å². The number of likely N-dealkylation sites (tertiary alicyclic amines) is 1. The molecule has 0 unspecified atom stereocenters. The average Bonchev–Trinajstić information content (AvgIpc) is 3.45. The third-order valence-corrected chi connectivity index (χ3v) is 8.30. The van der Waals surface area contributed by atoms with Crippen molar-refractivity contribution in [2.24, 2.45) is 5.92 Å². The van der Waals surface area contributed by atoms with Crippen LogP contribution in [0, 0.1) is 12.8 Å². The van der Waals surface area contributed by atoms with E-state index < -0.39 is 11.8 Å². The Morgan fingerprint density at radius 2 is 1.89 bits per heavy atom. The lowest BCUT2D eigenvalue weighted by Crippen LogP contribution is -2.55. The van der Waals surface area contributed by atoms with Crippen LogP contribution in [0.25, 0.3) is 11.4 Å². The third-order valence-electron chi connectivity index (χ3n) is 8.30. The molecular weight excluding hydrogens is 501 g/mol. The highest BCUT2D eigenvalue weighted by Gasteiger charge is 2.57. The van der Waals surface area contributed by atoms with Crippen LogP contribution >= 0.6 is 0 Å². The molecule has 9 nitrogen and oxygen atoms in total. The molecule has 0 aromatic carbocycles. The van der Waals surface area contributed by atoms with Gasteiger partial charge in [-0.05, 0) is 77.3 Å². The number of hydrogen-bond donors (Lipinski definition) is 2. The zero-order valence-electron chi connectivity index (χ0n) is 21.6. The van der Waals surface area contributed by atoms with E-state index in [-0.39, 0.29) is 61.6 Å². The van der Waals surface area contributed by atoms with E-state index in [0.717, 1.165) is 18.5 Å². The van der Waals surface area contributed by atoms with Crippen molar-refractivity contribution in [3.8, 4) is 11.4 Å². The van der Waals surface area contributed by atoms with E-state index in [0.29, 0.717) is 36.5 Å². The molecule has 1 saturated heterocycles.